The number of carbonyl (C=O) groups excluding carboxylic acids is 1. The lowest BCUT2D eigenvalue weighted by atomic mass is 10.2. The second-order valence-corrected chi connectivity index (χ2v) is 7.63. The Labute approximate surface area is 176 Å². The molecule has 1 saturated carbocycles. The molecule has 156 valence electrons. The van der Waals surface area contributed by atoms with Gasteiger partial charge >= 0.3 is 0 Å². The Morgan fingerprint density at radius 2 is 2.03 bits per heavy atom. The fourth-order valence-electron chi connectivity index (χ4n) is 3.33. The van der Waals surface area contributed by atoms with Crippen LogP contribution in [0.3, 0.4) is 0 Å². The quantitative estimate of drug-likeness (QED) is 0.556. The van der Waals surface area contributed by atoms with E-state index in [1.807, 2.05) is 30.3 Å². The molecular formula is C23H26N4O3. The average molecular weight is 406 g/mol. The zero-order valence-corrected chi connectivity index (χ0v) is 17.1. The summed E-state index contributed by atoms with van der Waals surface area (Å²) in [4.78, 5) is 23.1. The van der Waals surface area contributed by atoms with Crippen LogP contribution in [0.15, 0.2) is 59.5 Å². The first kappa shape index (κ1) is 20.1. The van der Waals surface area contributed by atoms with Crippen molar-refractivity contribution in [3.05, 3.63) is 77.8 Å². The molecule has 0 atom stereocenters. The number of nitrogens with one attached hydrogen (secondary N) is 1. The van der Waals surface area contributed by atoms with Gasteiger partial charge in [-0.25, -0.2) is 4.98 Å². The average Bonchev–Trinajstić information content (AvgIpc) is 3.47. The van der Waals surface area contributed by atoms with Crippen LogP contribution in [0.25, 0.3) is 0 Å². The van der Waals surface area contributed by atoms with Crippen molar-refractivity contribution in [2.75, 3.05) is 13.7 Å². The van der Waals surface area contributed by atoms with Crippen LogP contribution >= 0.6 is 0 Å². The van der Waals surface area contributed by atoms with Gasteiger partial charge in [0.2, 0.25) is 5.89 Å². The Kier molecular flexibility index (Phi) is 6.39. The second-order valence-electron chi connectivity index (χ2n) is 7.63. The van der Waals surface area contributed by atoms with E-state index >= 15 is 0 Å². The van der Waals surface area contributed by atoms with Crippen LogP contribution in [-0.4, -0.2) is 34.4 Å². The van der Waals surface area contributed by atoms with Gasteiger partial charge in [-0.15, -0.1) is 0 Å². The van der Waals surface area contributed by atoms with Crippen molar-refractivity contribution in [1.82, 2.24) is 20.2 Å². The summed E-state index contributed by atoms with van der Waals surface area (Å²) in [5, 5.41) is 2.86. The summed E-state index contributed by atoms with van der Waals surface area (Å²) >= 11 is 0. The lowest BCUT2D eigenvalue weighted by molar-refractivity contribution is 0.0945. The molecule has 0 saturated heterocycles. The van der Waals surface area contributed by atoms with Gasteiger partial charge in [-0.1, -0.05) is 12.1 Å². The van der Waals surface area contributed by atoms with E-state index in [1.165, 1.54) is 24.7 Å². The number of pyridine rings is 1. The van der Waals surface area contributed by atoms with E-state index in [0.717, 1.165) is 30.3 Å². The maximum atomic E-state index is 12.4. The summed E-state index contributed by atoms with van der Waals surface area (Å²) in [6, 6.07) is 11.8. The van der Waals surface area contributed by atoms with E-state index in [-0.39, 0.29) is 5.91 Å². The van der Waals surface area contributed by atoms with Crippen LogP contribution in [-0.2, 0) is 19.6 Å². The van der Waals surface area contributed by atoms with E-state index < -0.39 is 0 Å². The maximum absolute atomic E-state index is 12.4. The van der Waals surface area contributed by atoms with Gasteiger partial charge in [0.25, 0.3) is 5.91 Å². The third-order valence-electron chi connectivity index (χ3n) is 5.10. The first-order valence-electron chi connectivity index (χ1n) is 10.2. The molecule has 3 aromatic rings. The topological polar surface area (TPSA) is 80.5 Å². The summed E-state index contributed by atoms with van der Waals surface area (Å²) in [6.45, 7) is 2.75. The van der Waals surface area contributed by atoms with Gasteiger partial charge in [-0.3, -0.25) is 14.7 Å². The number of hydrogen-bond acceptors (Lipinski definition) is 6. The van der Waals surface area contributed by atoms with Crippen molar-refractivity contribution in [3.8, 4) is 5.75 Å². The van der Waals surface area contributed by atoms with Crippen LogP contribution in [0, 0.1) is 5.92 Å². The molecule has 0 radical (unpaired) electrons. The minimum absolute atomic E-state index is 0.247. The number of ether oxygens (including phenoxy) is 1. The van der Waals surface area contributed by atoms with Crippen molar-refractivity contribution in [2.45, 2.75) is 32.5 Å². The number of rotatable bonds is 10. The zero-order valence-electron chi connectivity index (χ0n) is 17.1. The summed E-state index contributed by atoms with van der Waals surface area (Å²) in [6.07, 6.45) is 7.36. The number of oxazole rings is 1. The van der Waals surface area contributed by atoms with Gasteiger partial charge in [0.15, 0.2) is 5.69 Å². The Morgan fingerprint density at radius 1 is 1.20 bits per heavy atom. The molecule has 0 unspecified atom stereocenters. The molecule has 1 fully saturated rings. The highest BCUT2D eigenvalue weighted by atomic mass is 16.5. The van der Waals surface area contributed by atoms with E-state index in [2.05, 4.69) is 26.3 Å². The number of methoxy groups -OCH3 is 1. The second kappa shape index (κ2) is 9.54. The maximum Gasteiger partial charge on any atom is 0.273 e. The van der Waals surface area contributed by atoms with Crippen LogP contribution < -0.4 is 10.1 Å². The minimum Gasteiger partial charge on any atom is -0.497 e. The third-order valence-corrected chi connectivity index (χ3v) is 5.10. The monoisotopic (exact) mass is 406 g/mol. The Bertz CT molecular complexity index is 969. The van der Waals surface area contributed by atoms with Crippen molar-refractivity contribution in [3.63, 3.8) is 0 Å². The number of nitrogens with zero attached hydrogens (tertiary/aromatic N) is 3. The van der Waals surface area contributed by atoms with Crippen LogP contribution in [0.2, 0.25) is 0 Å². The van der Waals surface area contributed by atoms with E-state index in [9.17, 15) is 4.79 Å². The minimum atomic E-state index is -0.247. The molecule has 0 aliphatic heterocycles. The van der Waals surface area contributed by atoms with Crippen LogP contribution in [0.1, 0.15) is 40.3 Å². The fourth-order valence-corrected chi connectivity index (χ4v) is 3.33. The number of amides is 1. The fraction of sp³-hybridized carbons (Fsp3) is 0.348. The lowest BCUT2D eigenvalue weighted by Crippen LogP contribution is -2.26. The molecule has 7 heteroatoms. The number of hydrogen-bond donors (Lipinski definition) is 1. The normalized spacial score (nSPS) is 13.4. The molecule has 1 aliphatic carbocycles. The summed E-state index contributed by atoms with van der Waals surface area (Å²) in [5.74, 6) is 1.88. The number of carbonyl (C=O) groups is 1. The van der Waals surface area contributed by atoms with Crippen LogP contribution in [0.5, 0.6) is 5.75 Å². The Hall–Kier alpha value is -3.19. The van der Waals surface area contributed by atoms with E-state index in [1.54, 1.807) is 19.5 Å². The highest BCUT2D eigenvalue weighted by molar-refractivity contribution is 5.91. The predicted octanol–water partition coefficient (Wildman–Crippen LogP) is 3.42. The van der Waals surface area contributed by atoms with Gasteiger partial charge in [0, 0.05) is 32.0 Å². The van der Waals surface area contributed by atoms with Gasteiger partial charge < -0.3 is 14.5 Å². The lowest BCUT2D eigenvalue weighted by Gasteiger charge is -2.21. The number of aromatic nitrogens is 2. The van der Waals surface area contributed by atoms with Gasteiger partial charge in [0.1, 0.15) is 12.0 Å². The summed E-state index contributed by atoms with van der Waals surface area (Å²) < 4.78 is 10.9. The van der Waals surface area contributed by atoms with Crippen molar-refractivity contribution >= 4 is 5.91 Å². The molecule has 7 nitrogen and oxygen atoms in total. The first-order valence-corrected chi connectivity index (χ1v) is 10.2. The van der Waals surface area contributed by atoms with Crippen LogP contribution in [0.4, 0.5) is 0 Å². The molecule has 0 spiro atoms. The van der Waals surface area contributed by atoms with E-state index in [0.29, 0.717) is 24.7 Å². The molecule has 2 aromatic heterocycles. The molecule has 30 heavy (non-hydrogen) atoms. The van der Waals surface area contributed by atoms with Crippen molar-refractivity contribution in [2.24, 2.45) is 5.92 Å². The smallest absolute Gasteiger partial charge is 0.273 e. The summed E-state index contributed by atoms with van der Waals surface area (Å²) in [5.41, 5.74) is 2.46. The van der Waals surface area contributed by atoms with Gasteiger partial charge in [-0.05, 0) is 54.2 Å². The van der Waals surface area contributed by atoms with Gasteiger partial charge in [0.05, 0.1) is 13.7 Å². The standard InChI is InChI=1S/C23H26N4O3/c1-29-20-4-2-3-19(11-20)14-27(13-18-5-6-18)15-22-26-21(16-30-22)23(28)25-12-17-7-9-24-10-8-17/h2-4,7-11,16,18H,5-6,12-15H2,1H3,(H,25,28). The molecule has 1 aliphatic rings. The molecular weight excluding hydrogens is 380 g/mol. The SMILES string of the molecule is COc1cccc(CN(Cc2nc(C(=O)NCc3ccncc3)co2)CC2CC2)c1. The molecule has 0 bridgehead atoms. The molecule has 1 aromatic carbocycles. The largest absolute Gasteiger partial charge is 0.497 e. The highest BCUT2D eigenvalue weighted by Gasteiger charge is 2.25. The number of benzene rings is 1. The van der Waals surface area contributed by atoms with Crippen molar-refractivity contribution < 1.29 is 13.9 Å². The highest BCUT2D eigenvalue weighted by Crippen LogP contribution is 2.31. The molecule has 4 rings (SSSR count). The van der Waals surface area contributed by atoms with Crippen molar-refractivity contribution in [1.29, 1.82) is 0 Å². The van der Waals surface area contributed by atoms with Gasteiger partial charge in [-0.2, -0.15) is 0 Å². The molecule has 2 heterocycles. The Balaban J connectivity index is 1.37. The molecule has 1 amide bonds. The molecule has 1 N–H and O–H groups in total. The summed E-state index contributed by atoms with van der Waals surface area (Å²) in [7, 11) is 1.68. The first-order chi connectivity index (χ1) is 14.7. The third kappa shape index (κ3) is 5.67. The van der Waals surface area contributed by atoms with E-state index in [4.69, 9.17) is 9.15 Å². The predicted molar refractivity (Wildman–Crippen MR) is 112 cm³/mol. The zero-order chi connectivity index (χ0) is 20.8. The Morgan fingerprint density at radius 3 is 2.80 bits per heavy atom.